The van der Waals surface area contributed by atoms with Crippen molar-refractivity contribution < 1.29 is 19.4 Å². The maximum Gasteiger partial charge on any atom is 0.410 e. The second kappa shape index (κ2) is 8.43. The van der Waals surface area contributed by atoms with Crippen molar-refractivity contribution in [1.29, 1.82) is 0 Å². The van der Waals surface area contributed by atoms with Crippen LogP contribution >= 0.6 is 0 Å². The lowest BCUT2D eigenvalue weighted by atomic mass is 9.91. The van der Waals surface area contributed by atoms with Crippen LogP contribution in [0.5, 0.6) is 5.75 Å². The zero-order valence-electron chi connectivity index (χ0n) is 17.9. The third-order valence-electron chi connectivity index (χ3n) is 6.76. The average Bonchev–Trinajstić information content (AvgIpc) is 3.31. The Balaban J connectivity index is 1.27. The van der Waals surface area contributed by atoms with Crippen molar-refractivity contribution in [1.82, 2.24) is 19.6 Å². The summed E-state index contributed by atoms with van der Waals surface area (Å²) in [7, 11) is 4.24. The largest absolute Gasteiger partial charge is 0.508 e. The van der Waals surface area contributed by atoms with Gasteiger partial charge in [0, 0.05) is 57.2 Å². The lowest BCUT2D eigenvalue weighted by Crippen LogP contribution is -2.49. The highest BCUT2D eigenvalue weighted by Crippen LogP contribution is 2.33. The highest BCUT2D eigenvalue weighted by Gasteiger charge is 2.47. The van der Waals surface area contributed by atoms with Crippen molar-refractivity contribution in [3.8, 4) is 5.75 Å². The summed E-state index contributed by atoms with van der Waals surface area (Å²) in [5.74, 6) is -0.00370. The molecule has 8 nitrogen and oxygen atoms in total. The van der Waals surface area contributed by atoms with Crippen LogP contribution in [-0.4, -0.2) is 108 Å². The number of hydrogen-bond donors (Lipinski definition) is 1. The van der Waals surface area contributed by atoms with E-state index in [1.807, 2.05) is 4.90 Å². The van der Waals surface area contributed by atoms with Crippen molar-refractivity contribution in [2.45, 2.75) is 30.9 Å². The molecule has 2 amide bonds. The number of piperidine rings is 1. The van der Waals surface area contributed by atoms with E-state index in [-0.39, 0.29) is 17.7 Å². The van der Waals surface area contributed by atoms with Gasteiger partial charge in [0.1, 0.15) is 11.4 Å². The van der Waals surface area contributed by atoms with Crippen molar-refractivity contribution in [3.05, 3.63) is 29.8 Å². The number of likely N-dealkylation sites (tertiary alicyclic amines) is 2. The molecule has 1 spiro atoms. The maximum atomic E-state index is 12.7. The molecule has 1 atom stereocenters. The third kappa shape index (κ3) is 4.39. The molecule has 0 aromatic heterocycles. The highest BCUT2D eigenvalue weighted by molar-refractivity contribution is 5.94. The molecule has 4 rings (SSSR count). The Bertz CT molecular complexity index is 791. The molecule has 3 heterocycles. The fourth-order valence-corrected chi connectivity index (χ4v) is 4.76. The number of phenols is 1. The van der Waals surface area contributed by atoms with E-state index in [9.17, 15) is 14.7 Å². The summed E-state index contributed by atoms with van der Waals surface area (Å²) in [5, 5.41) is 9.62. The van der Waals surface area contributed by atoms with E-state index in [0.29, 0.717) is 50.6 Å². The zero-order chi connectivity index (χ0) is 21.3. The van der Waals surface area contributed by atoms with Crippen LogP contribution in [0.15, 0.2) is 24.3 Å². The lowest BCUT2D eigenvalue weighted by Gasteiger charge is -2.37. The van der Waals surface area contributed by atoms with Gasteiger partial charge < -0.3 is 24.5 Å². The Kier molecular flexibility index (Phi) is 5.88. The van der Waals surface area contributed by atoms with Crippen LogP contribution in [0, 0.1) is 0 Å². The Morgan fingerprint density at radius 3 is 2.67 bits per heavy atom. The van der Waals surface area contributed by atoms with Gasteiger partial charge in [-0.05, 0) is 45.3 Å². The maximum absolute atomic E-state index is 12.7. The average molecular weight is 417 g/mol. The number of carbonyl (C=O) groups is 2. The summed E-state index contributed by atoms with van der Waals surface area (Å²) in [6.45, 7) is 5.38. The third-order valence-corrected chi connectivity index (χ3v) is 6.76. The molecule has 0 unspecified atom stereocenters. The summed E-state index contributed by atoms with van der Waals surface area (Å²) in [6, 6.07) is 7.02. The van der Waals surface area contributed by atoms with Gasteiger partial charge in [0.05, 0.1) is 6.54 Å². The molecule has 3 saturated heterocycles. The van der Waals surface area contributed by atoms with E-state index in [4.69, 9.17) is 4.74 Å². The van der Waals surface area contributed by atoms with Gasteiger partial charge in [-0.15, -0.1) is 0 Å². The number of nitrogens with zero attached hydrogens (tertiary/aromatic N) is 4. The summed E-state index contributed by atoms with van der Waals surface area (Å²) < 4.78 is 5.81. The molecule has 0 radical (unpaired) electrons. The van der Waals surface area contributed by atoms with Crippen molar-refractivity contribution >= 4 is 12.0 Å². The minimum absolute atomic E-state index is 0.0876. The molecule has 164 valence electrons. The number of hydrogen-bond acceptors (Lipinski definition) is 6. The smallest absolute Gasteiger partial charge is 0.410 e. The monoisotopic (exact) mass is 416 g/mol. The first kappa shape index (κ1) is 20.9. The van der Waals surface area contributed by atoms with Crippen LogP contribution in [0.2, 0.25) is 0 Å². The molecule has 3 fully saturated rings. The topological polar surface area (TPSA) is 76.6 Å². The van der Waals surface area contributed by atoms with Gasteiger partial charge in [-0.2, -0.15) is 0 Å². The second-order valence-electron chi connectivity index (χ2n) is 9.02. The number of carbonyl (C=O) groups excluding carboxylic acids is 2. The van der Waals surface area contributed by atoms with Gasteiger partial charge in [0.15, 0.2) is 0 Å². The van der Waals surface area contributed by atoms with Gasteiger partial charge in [0.25, 0.3) is 5.91 Å². The molecule has 0 aliphatic carbocycles. The van der Waals surface area contributed by atoms with Gasteiger partial charge in [-0.3, -0.25) is 9.69 Å². The Morgan fingerprint density at radius 2 is 2.00 bits per heavy atom. The minimum atomic E-state index is -0.482. The summed E-state index contributed by atoms with van der Waals surface area (Å²) in [6.07, 6.45) is 2.23. The van der Waals surface area contributed by atoms with Gasteiger partial charge in [-0.25, -0.2) is 4.79 Å². The number of rotatable bonds is 5. The van der Waals surface area contributed by atoms with E-state index < -0.39 is 5.60 Å². The van der Waals surface area contributed by atoms with E-state index in [2.05, 4.69) is 23.9 Å². The molecule has 3 aliphatic heterocycles. The normalized spacial score (nSPS) is 24.1. The standard InChI is InChI=1S/C22H32N4O4/c1-23(2)18-6-9-24(15-18)12-13-26-16-22(30-21(26)29)7-10-25(11-8-22)20(28)17-4-3-5-19(27)14-17/h3-5,14,18,27H,6-13,15-16H2,1-2H3/t18-/m0/s1. The van der Waals surface area contributed by atoms with Crippen molar-refractivity contribution in [2.75, 3.05) is 59.9 Å². The fourth-order valence-electron chi connectivity index (χ4n) is 4.76. The number of aromatic hydroxyl groups is 1. The van der Waals surface area contributed by atoms with E-state index in [0.717, 1.165) is 19.6 Å². The first-order valence-electron chi connectivity index (χ1n) is 10.8. The molecule has 0 bridgehead atoms. The predicted octanol–water partition coefficient (Wildman–Crippen LogP) is 1.46. The molecule has 3 aliphatic rings. The highest BCUT2D eigenvalue weighted by atomic mass is 16.6. The molecule has 1 aromatic carbocycles. The molecule has 30 heavy (non-hydrogen) atoms. The van der Waals surface area contributed by atoms with Gasteiger partial charge >= 0.3 is 6.09 Å². The number of phenolic OH excluding ortho intramolecular Hbond substituents is 1. The number of ether oxygens (including phenoxy) is 1. The first-order valence-corrected chi connectivity index (χ1v) is 10.8. The predicted molar refractivity (Wildman–Crippen MR) is 113 cm³/mol. The zero-order valence-corrected chi connectivity index (χ0v) is 17.9. The number of benzene rings is 1. The second-order valence-corrected chi connectivity index (χ2v) is 9.02. The Hall–Kier alpha value is -2.32. The quantitative estimate of drug-likeness (QED) is 0.783. The number of likely N-dealkylation sites (N-methyl/N-ethyl adjacent to an activating group) is 1. The Morgan fingerprint density at radius 1 is 1.23 bits per heavy atom. The summed E-state index contributed by atoms with van der Waals surface area (Å²) >= 11 is 0. The number of amides is 2. The van der Waals surface area contributed by atoms with Crippen molar-refractivity contribution in [2.24, 2.45) is 0 Å². The molecular formula is C22H32N4O4. The molecule has 1 aromatic rings. The molecular weight excluding hydrogens is 384 g/mol. The van der Waals surface area contributed by atoms with Crippen LogP contribution in [0.1, 0.15) is 29.6 Å². The van der Waals surface area contributed by atoms with Crippen LogP contribution in [0.4, 0.5) is 4.79 Å². The molecule has 8 heteroatoms. The Labute approximate surface area is 178 Å². The fraction of sp³-hybridized carbons (Fsp3) is 0.636. The van der Waals surface area contributed by atoms with Crippen LogP contribution < -0.4 is 0 Å². The SMILES string of the molecule is CN(C)[C@H]1CCN(CCN2CC3(CCN(C(=O)c4cccc(O)c4)CC3)OC2=O)C1. The van der Waals surface area contributed by atoms with Crippen LogP contribution in [0.25, 0.3) is 0 Å². The van der Waals surface area contributed by atoms with E-state index >= 15 is 0 Å². The van der Waals surface area contributed by atoms with Crippen LogP contribution in [-0.2, 0) is 4.74 Å². The van der Waals surface area contributed by atoms with E-state index in [1.54, 1.807) is 23.1 Å². The van der Waals surface area contributed by atoms with E-state index in [1.165, 1.54) is 12.5 Å². The van der Waals surface area contributed by atoms with Gasteiger partial charge in [-0.1, -0.05) is 6.07 Å². The van der Waals surface area contributed by atoms with Crippen LogP contribution in [0.3, 0.4) is 0 Å². The summed E-state index contributed by atoms with van der Waals surface area (Å²) in [5.41, 5.74) is 0.00165. The first-order chi connectivity index (χ1) is 14.3. The van der Waals surface area contributed by atoms with Gasteiger partial charge in [0.2, 0.25) is 0 Å². The minimum Gasteiger partial charge on any atom is -0.508 e. The van der Waals surface area contributed by atoms with Crippen molar-refractivity contribution in [3.63, 3.8) is 0 Å². The molecule has 1 N–H and O–H groups in total. The molecule has 0 saturated carbocycles. The summed E-state index contributed by atoms with van der Waals surface area (Å²) in [4.78, 5) is 33.5. The lowest BCUT2D eigenvalue weighted by molar-refractivity contribution is 0.00311.